The van der Waals surface area contributed by atoms with E-state index in [0.717, 1.165) is 41.8 Å². The molecule has 0 atom stereocenters. The summed E-state index contributed by atoms with van der Waals surface area (Å²) in [5.41, 5.74) is 3.47. The van der Waals surface area contributed by atoms with E-state index in [1.165, 1.54) is 11.6 Å². The highest BCUT2D eigenvalue weighted by molar-refractivity contribution is 7.92. The molecule has 0 spiro atoms. The number of hydrogen-bond acceptors (Lipinski definition) is 7. The summed E-state index contributed by atoms with van der Waals surface area (Å²) in [6.07, 6.45) is 1.14. The van der Waals surface area contributed by atoms with Crippen LogP contribution in [0.4, 0.5) is 33.5 Å². The maximum atomic E-state index is 15.7. The average molecular weight is 582 g/mol. The highest BCUT2D eigenvalue weighted by Crippen LogP contribution is 2.33. The molecule has 0 aliphatic rings. The molecule has 0 unspecified atom stereocenters. The molecule has 0 bridgehead atoms. The SMILES string of the molecule is CC(F)(F)Cn1c(=O)c(-c2c(F)ccc(NS(=O)(=O)c3ccc4ncsc4c3F)c2F)cc2cnc(N)cc21. The second-order valence-corrected chi connectivity index (χ2v) is 11.2. The van der Waals surface area contributed by atoms with Crippen LogP contribution < -0.4 is 16.0 Å². The van der Waals surface area contributed by atoms with Crippen molar-refractivity contribution < 1.29 is 30.4 Å². The van der Waals surface area contributed by atoms with Gasteiger partial charge in [0.1, 0.15) is 16.5 Å². The number of alkyl halides is 2. The second kappa shape index (κ2) is 9.27. The van der Waals surface area contributed by atoms with Gasteiger partial charge in [0.05, 0.1) is 44.6 Å². The van der Waals surface area contributed by atoms with Gasteiger partial charge in [-0.25, -0.2) is 40.3 Å². The van der Waals surface area contributed by atoms with Gasteiger partial charge < -0.3 is 10.3 Å². The lowest BCUT2D eigenvalue weighted by molar-refractivity contribution is 0.00422. The number of nitrogens with two attached hydrogens (primary N) is 1. The van der Waals surface area contributed by atoms with Crippen molar-refractivity contribution in [2.24, 2.45) is 0 Å². The number of anilines is 2. The number of pyridine rings is 2. The van der Waals surface area contributed by atoms with Crippen molar-refractivity contribution >= 4 is 54.0 Å². The van der Waals surface area contributed by atoms with Crippen LogP contribution in [-0.4, -0.2) is 28.9 Å². The van der Waals surface area contributed by atoms with Gasteiger partial charge in [-0.2, -0.15) is 0 Å². The third-order valence-corrected chi connectivity index (χ3v) is 7.95. The van der Waals surface area contributed by atoms with Crippen LogP contribution in [0, 0.1) is 17.5 Å². The van der Waals surface area contributed by atoms with Gasteiger partial charge in [-0.1, -0.05) is 0 Å². The molecule has 0 amide bonds. The Morgan fingerprint density at radius 2 is 1.82 bits per heavy atom. The maximum Gasteiger partial charge on any atom is 0.264 e. The van der Waals surface area contributed by atoms with Crippen molar-refractivity contribution in [3.05, 3.63) is 75.9 Å². The fourth-order valence-electron chi connectivity index (χ4n) is 4.06. The normalized spacial score (nSPS) is 12.4. The van der Waals surface area contributed by atoms with E-state index in [-0.39, 0.29) is 26.9 Å². The molecule has 39 heavy (non-hydrogen) atoms. The number of nitrogen functional groups attached to an aromatic ring is 1. The Hall–Kier alpha value is -4.11. The smallest absolute Gasteiger partial charge is 0.264 e. The van der Waals surface area contributed by atoms with Gasteiger partial charge >= 0.3 is 0 Å². The van der Waals surface area contributed by atoms with Crippen molar-refractivity contribution in [1.82, 2.24) is 14.5 Å². The number of aromatic nitrogens is 3. The molecule has 0 radical (unpaired) electrons. The lowest BCUT2D eigenvalue weighted by atomic mass is 10.0. The van der Waals surface area contributed by atoms with Crippen molar-refractivity contribution in [2.75, 3.05) is 10.5 Å². The van der Waals surface area contributed by atoms with Crippen LogP contribution in [0.1, 0.15) is 6.92 Å². The molecular weight excluding hydrogens is 565 g/mol. The minimum absolute atomic E-state index is 0.0446. The van der Waals surface area contributed by atoms with Gasteiger partial charge in [0.2, 0.25) is 0 Å². The van der Waals surface area contributed by atoms with Gasteiger partial charge in [-0.15, -0.1) is 11.3 Å². The monoisotopic (exact) mass is 581 g/mol. The number of hydrogen-bond donors (Lipinski definition) is 2. The van der Waals surface area contributed by atoms with E-state index in [2.05, 4.69) is 9.97 Å². The molecule has 5 aromatic rings. The summed E-state index contributed by atoms with van der Waals surface area (Å²) >= 11 is 0.858. The Balaban J connectivity index is 1.67. The third kappa shape index (κ3) is 4.78. The summed E-state index contributed by atoms with van der Waals surface area (Å²) in [5.74, 6) is -7.39. The van der Waals surface area contributed by atoms with Crippen LogP contribution in [0.15, 0.2) is 57.8 Å². The highest BCUT2D eigenvalue weighted by atomic mass is 32.2. The summed E-state index contributed by atoms with van der Waals surface area (Å²) in [7, 11) is -4.74. The molecule has 0 fully saturated rings. The van der Waals surface area contributed by atoms with E-state index in [1.54, 1.807) is 0 Å². The van der Waals surface area contributed by atoms with Gasteiger partial charge in [-0.3, -0.25) is 9.52 Å². The number of nitrogens with zero attached hydrogens (tertiary/aromatic N) is 3. The predicted molar refractivity (Wildman–Crippen MR) is 137 cm³/mol. The first kappa shape index (κ1) is 26.5. The number of thiazole rings is 1. The average Bonchev–Trinajstić information content (AvgIpc) is 3.33. The second-order valence-electron chi connectivity index (χ2n) is 8.66. The van der Waals surface area contributed by atoms with E-state index in [9.17, 15) is 30.8 Å². The minimum atomic E-state index is -4.74. The summed E-state index contributed by atoms with van der Waals surface area (Å²) in [6, 6.07) is 5.83. The van der Waals surface area contributed by atoms with E-state index in [4.69, 9.17) is 5.73 Å². The fourth-order valence-corrected chi connectivity index (χ4v) is 6.00. The van der Waals surface area contributed by atoms with Crippen molar-refractivity contribution in [1.29, 1.82) is 0 Å². The molecule has 3 aromatic heterocycles. The van der Waals surface area contributed by atoms with Crippen LogP contribution >= 0.6 is 11.3 Å². The van der Waals surface area contributed by atoms with Crippen LogP contribution in [0.25, 0.3) is 32.2 Å². The number of benzene rings is 2. The zero-order valence-electron chi connectivity index (χ0n) is 19.7. The highest BCUT2D eigenvalue weighted by Gasteiger charge is 2.28. The van der Waals surface area contributed by atoms with Gasteiger partial charge in [0.15, 0.2) is 11.6 Å². The predicted octanol–water partition coefficient (Wildman–Crippen LogP) is 5.13. The number of rotatable bonds is 6. The third-order valence-electron chi connectivity index (χ3n) is 5.73. The molecule has 0 aliphatic carbocycles. The molecule has 0 saturated heterocycles. The fraction of sp³-hybridized carbons (Fsp3) is 0.125. The number of fused-ring (bicyclic) bond motifs is 2. The van der Waals surface area contributed by atoms with Crippen molar-refractivity contribution in [2.45, 2.75) is 24.3 Å². The maximum absolute atomic E-state index is 15.7. The van der Waals surface area contributed by atoms with Gasteiger partial charge in [-0.05, 0) is 30.3 Å². The molecular formula is C24H16F5N5O3S2. The van der Waals surface area contributed by atoms with E-state index in [0.29, 0.717) is 17.6 Å². The Kier molecular flexibility index (Phi) is 6.30. The largest absolute Gasteiger partial charge is 0.384 e. The van der Waals surface area contributed by atoms with Crippen LogP contribution in [-0.2, 0) is 16.6 Å². The van der Waals surface area contributed by atoms with E-state index < -0.39 is 67.2 Å². The quantitative estimate of drug-likeness (QED) is 0.269. The zero-order valence-corrected chi connectivity index (χ0v) is 21.3. The first-order valence-electron chi connectivity index (χ1n) is 11.0. The summed E-state index contributed by atoms with van der Waals surface area (Å²) in [6.45, 7) is -0.587. The van der Waals surface area contributed by atoms with E-state index >= 15 is 4.39 Å². The molecule has 3 heterocycles. The summed E-state index contributed by atoms with van der Waals surface area (Å²) < 4.78 is 102. The molecule has 0 saturated carbocycles. The Morgan fingerprint density at radius 3 is 2.54 bits per heavy atom. The Morgan fingerprint density at radius 1 is 1.08 bits per heavy atom. The first-order chi connectivity index (χ1) is 18.3. The minimum Gasteiger partial charge on any atom is -0.384 e. The summed E-state index contributed by atoms with van der Waals surface area (Å²) in [4.78, 5) is 20.2. The molecule has 15 heteroatoms. The molecule has 2 aromatic carbocycles. The molecule has 3 N–H and O–H groups in total. The lowest BCUT2D eigenvalue weighted by Crippen LogP contribution is -2.30. The van der Waals surface area contributed by atoms with Crippen LogP contribution in [0.3, 0.4) is 0 Å². The van der Waals surface area contributed by atoms with Crippen molar-refractivity contribution in [3.63, 3.8) is 0 Å². The number of sulfonamides is 1. The molecule has 5 rings (SSSR count). The van der Waals surface area contributed by atoms with Gasteiger partial charge in [0.25, 0.3) is 21.5 Å². The number of halogens is 5. The van der Waals surface area contributed by atoms with Crippen LogP contribution in [0.2, 0.25) is 0 Å². The van der Waals surface area contributed by atoms with Crippen molar-refractivity contribution in [3.8, 4) is 11.1 Å². The summed E-state index contributed by atoms with van der Waals surface area (Å²) in [5, 5.41) is 0.0627. The topological polar surface area (TPSA) is 120 Å². The van der Waals surface area contributed by atoms with E-state index in [1.807, 2.05) is 4.72 Å². The first-order valence-corrected chi connectivity index (χ1v) is 13.3. The van der Waals surface area contributed by atoms with Crippen LogP contribution in [0.5, 0.6) is 0 Å². The molecule has 8 nitrogen and oxygen atoms in total. The molecule has 202 valence electrons. The Bertz CT molecular complexity index is 1950. The number of nitrogens with one attached hydrogen (secondary N) is 1. The lowest BCUT2D eigenvalue weighted by Gasteiger charge is -2.18. The standard InChI is InChI=1S/C24H16F5N5O3S2/c1-24(28,29)9-34-16-7-18(30)31-8-11(16)6-12(23(34)35)19-13(25)2-3-14(20(19)26)33-39(36,37)17-5-4-15-22(21(17)27)38-10-32-15/h2-8,10,33H,9H2,1H3,(H2,30,31). The zero-order chi connectivity index (χ0) is 28.3. The molecule has 0 aliphatic heterocycles. The van der Waals surface area contributed by atoms with Gasteiger partial charge in [0, 0.05) is 24.6 Å². The Labute approximate surface area is 220 Å².